The molecule has 0 saturated carbocycles. The second-order valence-corrected chi connectivity index (χ2v) is 6.66. The molecule has 0 unspecified atom stereocenters. The van der Waals surface area contributed by atoms with Crippen LogP contribution in [0.4, 0.5) is 5.69 Å². The van der Waals surface area contributed by atoms with Crippen molar-refractivity contribution >= 4 is 17.2 Å². The van der Waals surface area contributed by atoms with Crippen LogP contribution < -0.4 is 10.9 Å². The number of benzene rings is 1. The highest BCUT2D eigenvalue weighted by Crippen LogP contribution is 2.18. The Hall–Kier alpha value is -3.35. The average molecular weight is 364 g/mol. The van der Waals surface area contributed by atoms with E-state index < -0.39 is 5.56 Å². The fraction of sp³-hybridized carbons (Fsp3) is 0.250. The molecule has 0 spiro atoms. The van der Waals surface area contributed by atoms with Gasteiger partial charge in [-0.1, -0.05) is 18.2 Å². The van der Waals surface area contributed by atoms with E-state index in [-0.39, 0.29) is 28.9 Å². The van der Waals surface area contributed by atoms with Gasteiger partial charge in [-0.15, -0.1) is 0 Å². The van der Waals surface area contributed by atoms with Gasteiger partial charge in [0.15, 0.2) is 11.4 Å². The van der Waals surface area contributed by atoms with E-state index in [4.69, 9.17) is 0 Å². The monoisotopic (exact) mass is 364 g/mol. The number of carbonyl (C=O) groups excluding carboxylic acids is 1. The van der Waals surface area contributed by atoms with Crippen molar-refractivity contribution in [2.24, 2.45) is 0 Å². The van der Waals surface area contributed by atoms with Gasteiger partial charge in [-0.25, -0.2) is 4.98 Å². The summed E-state index contributed by atoms with van der Waals surface area (Å²) in [5.74, 6) is -0.427. The number of hydrogen-bond donors (Lipinski definition) is 2. The van der Waals surface area contributed by atoms with Gasteiger partial charge >= 0.3 is 0 Å². The second kappa shape index (κ2) is 7.11. The third-order valence-electron chi connectivity index (χ3n) is 4.80. The Balaban J connectivity index is 1.56. The molecule has 0 bridgehead atoms. The first-order valence-electron chi connectivity index (χ1n) is 8.94. The van der Waals surface area contributed by atoms with Crippen LogP contribution in [-0.2, 0) is 0 Å². The third-order valence-corrected chi connectivity index (χ3v) is 4.80. The number of carbonyl (C=O) groups is 1. The first-order chi connectivity index (χ1) is 13.1. The normalized spacial score (nSPS) is 17.0. The van der Waals surface area contributed by atoms with Crippen LogP contribution in [0, 0.1) is 0 Å². The lowest BCUT2D eigenvalue weighted by molar-refractivity contribution is 0.0712. The number of piperidine rings is 1. The Morgan fingerprint density at radius 2 is 2.00 bits per heavy atom. The van der Waals surface area contributed by atoms with Crippen LogP contribution in [0.3, 0.4) is 0 Å². The number of nitrogens with one attached hydrogen (secondary N) is 1. The number of likely N-dealkylation sites (tertiary alicyclic amines) is 1. The summed E-state index contributed by atoms with van der Waals surface area (Å²) >= 11 is 0. The molecule has 3 heterocycles. The molecule has 7 nitrogen and oxygen atoms in total. The number of aromatic hydroxyl groups is 1. The number of rotatable bonds is 3. The van der Waals surface area contributed by atoms with Crippen molar-refractivity contribution in [2.75, 3.05) is 18.4 Å². The lowest BCUT2D eigenvalue weighted by Crippen LogP contribution is -2.46. The van der Waals surface area contributed by atoms with Gasteiger partial charge in [0.2, 0.25) is 0 Å². The molecule has 2 aromatic heterocycles. The van der Waals surface area contributed by atoms with Crippen LogP contribution in [-0.4, -0.2) is 44.4 Å². The van der Waals surface area contributed by atoms with E-state index in [9.17, 15) is 14.7 Å². The van der Waals surface area contributed by atoms with Gasteiger partial charge in [0, 0.05) is 37.2 Å². The number of para-hydroxylation sites is 1. The van der Waals surface area contributed by atoms with Crippen LogP contribution >= 0.6 is 0 Å². The van der Waals surface area contributed by atoms with E-state index in [0.717, 1.165) is 18.5 Å². The molecule has 1 saturated heterocycles. The van der Waals surface area contributed by atoms with E-state index >= 15 is 0 Å². The summed E-state index contributed by atoms with van der Waals surface area (Å²) in [6.45, 7) is 1.13. The highest BCUT2D eigenvalue weighted by molar-refractivity contribution is 5.94. The maximum atomic E-state index is 12.9. The molecular formula is C20H20N4O3. The van der Waals surface area contributed by atoms with Crippen molar-refractivity contribution < 1.29 is 9.90 Å². The largest absolute Gasteiger partial charge is 0.504 e. The molecule has 4 rings (SSSR count). The Morgan fingerprint density at radius 3 is 2.81 bits per heavy atom. The quantitative estimate of drug-likeness (QED) is 0.743. The molecule has 1 aliphatic rings. The van der Waals surface area contributed by atoms with Gasteiger partial charge in [0.1, 0.15) is 5.56 Å². The number of pyridine rings is 1. The van der Waals surface area contributed by atoms with Crippen molar-refractivity contribution in [3.8, 4) is 5.75 Å². The molecule has 3 aromatic rings. The van der Waals surface area contributed by atoms with E-state index in [2.05, 4.69) is 10.3 Å². The summed E-state index contributed by atoms with van der Waals surface area (Å²) in [6.07, 6.45) is 4.58. The van der Waals surface area contributed by atoms with E-state index in [1.807, 2.05) is 30.3 Å². The van der Waals surface area contributed by atoms with Gasteiger partial charge in [0.25, 0.3) is 11.5 Å². The molecule has 0 radical (unpaired) electrons. The maximum absolute atomic E-state index is 12.9. The average Bonchev–Trinajstić information content (AvgIpc) is 2.69. The number of hydrogen-bond acceptors (Lipinski definition) is 5. The predicted octanol–water partition coefficient (Wildman–Crippen LogP) is 2.12. The molecule has 1 atom stereocenters. The maximum Gasteiger partial charge on any atom is 0.270 e. The number of fused-ring (bicyclic) bond motifs is 1. The molecule has 7 heteroatoms. The summed E-state index contributed by atoms with van der Waals surface area (Å²) in [5.41, 5.74) is 0.693. The predicted molar refractivity (Wildman–Crippen MR) is 102 cm³/mol. The van der Waals surface area contributed by atoms with Gasteiger partial charge < -0.3 is 15.3 Å². The summed E-state index contributed by atoms with van der Waals surface area (Å²) in [6, 6.07) is 13.0. The SMILES string of the molecule is O=C(c1cnc2c(O)cccn2c1=O)N1CCC[C@H](Nc2ccccc2)C1. The van der Waals surface area contributed by atoms with Crippen LogP contribution in [0.25, 0.3) is 5.65 Å². The van der Waals surface area contributed by atoms with Crippen molar-refractivity contribution in [3.63, 3.8) is 0 Å². The summed E-state index contributed by atoms with van der Waals surface area (Å²) in [4.78, 5) is 31.4. The van der Waals surface area contributed by atoms with E-state index in [0.29, 0.717) is 13.1 Å². The summed E-state index contributed by atoms with van der Waals surface area (Å²) in [7, 11) is 0. The van der Waals surface area contributed by atoms with E-state index in [1.54, 1.807) is 11.0 Å². The lowest BCUT2D eigenvalue weighted by atomic mass is 10.0. The topological polar surface area (TPSA) is 86.9 Å². The lowest BCUT2D eigenvalue weighted by Gasteiger charge is -2.33. The Bertz CT molecular complexity index is 1030. The first kappa shape index (κ1) is 17.1. The highest BCUT2D eigenvalue weighted by Gasteiger charge is 2.26. The van der Waals surface area contributed by atoms with Crippen LogP contribution in [0.5, 0.6) is 5.75 Å². The van der Waals surface area contributed by atoms with Crippen LogP contribution in [0.15, 0.2) is 59.7 Å². The zero-order valence-electron chi connectivity index (χ0n) is 14.7. The van der Waals surface area contributed by atoms with Crippen molar-refractivity contribution in [2.45, 2.75) is 18.9 Å². The highest BCUT2D eigenvalue weighted by atomic mass is 16.3. The zero-order chi connectivity index (χ0) is 18.8. The Labute approximate surface area is 155 Å². The van der Waals surface area contributed by atoms with Crippen LogP contribution in [0.1, 0.15) is 23.2 Å². The number of aromatic nitrogens is 2. The van der Waals surface area contributed by atoms with Crippen molar-refractivity contribution in [1.82, 2.24) is 14.3 Å². The van der Waals surface area contributed by atoms with Gasteiger partial charge in [0.05, 0.1) is 0 Å². The van der Waals surface area contributed by atoms with Crippen molar-refractivity contribution in [3.05, 3.63) is 70.8 Å². The standard InChI is InChI=1S/C20H20N4O3/c25-17-9-5-11-24-18(17)21-12-16(20(24)27)19(26)23-10-4-8-15(13-23)22-14-6-2-1-3-7-14/h1-3,5-7,9,11-12,15,22,25H,4,8,10,13H2/t15-/m0/s1. The molecule has 1 aromatic carbocycles. The fourth-order valence-corrected chi connectivity index (χ4v) is 3.46. The number of nitrogens with zero attached hydrogens (tertiary/aromatic N) is 3. The molecule has 0 aliphatic carbocycles. The Kier molecular flexibility index (Phi) is 4.50. The summed E-state index contributed by atoms with van der Waals surface area (Å²) in [5, 5.41) is 13.3. The minimum Gasteiger partial charge on any atom is -0.504 e. The molecule has 1 fully saturated rings. The van der Waals surface area contributed by atoms with Gasteiger partial charge in [-0.05, 0) is 37.1 Å². The minimum absolute atomic E-state index is 0.0125. The molecular weight excluding hydrogens is 344 g/mol. The number of amides is 1. The zero-order valence-corrected chi connectivity index (χ0v) is 14.7. The van der Waals surface area contributed by atoms with Gasteiger partial charge in [-0.2, -0.15) is 0 Å². The summed E-state index contributed by atoms with van der Waals surface area (Å²) < 4.78 is 1.20. The Morgan fingerprint density at radius 1 is 1.19 bits per heavy atom. The fourth-order valence-electron chi connectivity index (χ4n) is 3.46. The first-order valence-corrected chi connectivity index (χ1v) is 8.94. The molecule has 1 aliphatic heterocycles. The minimum atomic E-state index is -0.473. The molecule has 1 amide bonds. The second-order valence-electron chi connectivity index (χ2n) is 6.66. The smallest absolute Gasteiger partial charge is 0.270 e. The van der Waals surface area contributed by atoms with Crippen LogP contribution in [0.2, 0.25) is 0 Å². The molecule has 2 N–H and O–H groups in total. The molecule has 138 valence electrons. The van der Waals surface area contributed by atoms with Gasteiger partial charge in [-0.3, -0.25) is 14.0 Å². The van der Waals surface area contributed by atoms with Crippen molar-refractivity contribution in [1.29, 1.82) is 0 Å². The third kappa shape index (κ3) is 3.36. The number of anilines is 1. The van der Waals surface area contributed by atoms with E-state index in [1.165, 1.54) is 22.9 Å². The molecule has 27 heavy (non-hydrogen) atoms.